The van der Waals surface area contributed by atoms with Gasteiger partial charge in [0, 0.05) is 16.1 Å². The molecule has 0 N–H and O–H groups in total. The Balaban J connectivity index is 0.000000204. The fraction of sp³-hybridized carbons (Fsp3) is 0.286. The molecule has 94 heavy (non-hydrogen) atoms. The molecule has 0 unspecified atom stereocenters. The van der Waals surface area contributed by atoms with Crippen LogP contribution in [0.2, 0.25) is 118 Å². The first kappa shape index (κ1) is 80.5. The molecule has 0 aromatic heterocycles. The Kier molecular flexibility index (Phi) is 29.2. The summed E-state index contributed by atoms with van der Waals surface area (Å²) in [6.07, 6.45) is 9.86. The van der Waals surface area contributed by atoms with Crippen LogP contribution in [0.25, 0.3) is 43.1 Å². The first-order valence-electron chi connectivity index (χ1n) is 33.2. The third kappa shape index (κ3) is 21.9. The monoisotopic (exact) mass is 1530 g/mol. The van der Waals surface area contributed by atoms with E-state index in [0.29, 0.717) is 0 Å². The summed E-state index contributed by atoms with van der Waals surface area (Å²) in [5, 5.41) is 21.5. The molecule has 10 aromatic carbocycles. The van der Waals surface area contributed by atoms with Crippen molar-refractivity contribution in [2.75, 3.05) is 0 Å². The van der Waals surface area contributed by atoms with Crippen molar-refractivity contribution < 1.29 is 73.3 Å². The van der Waals surface area contributed by atoms with Crippen LogP contribution >= 0.6 is 0 Å². The van der Waals surface area contributed by atoms with Crippen LogP contribution in [0.1, 0.15) is 57.3 Å². The molecule has 0 saturated heterocycles. The molecule has 12 rings (SSSR count). The van der Waals surface area contributed by atoms with E-state index in [1.165, 1.54) is 142 Å². The average molecular weight is 1540 g/mol. The summed E-state index contributed by atoms with van der Waals surface area (Å²) in [5.41, 5.74) is 10.6. The topological polar surface area (TPSA) is 0 Å². The van der Waals surface area contributed by atoms with Gasteiger partial charge in [-0.1, -0.05) is 189 Å². The Morgan fingerprint density at radius 3 is 0.691 bits per heavy atom. The summed E-state index contributed by atoms with van der Waals surface area (Å²) >= 11 is 2.92. The molecular weight excluding hydrogens is 1430 g/mol. The third-order valence-corrected chi connectivity index (χ3v) is 33.3. The summed E-state index contributed by atoms with van der Waals surface area (Å²) in [6.45, 7) is 53.5. The van der Waals surface area contributed by atoms with Crippen molar-refractivity contribution in [3.63, 3.8) is 0 Å². The zero-order chi connectivity index (χ0) is 67.7. The molecule has 0 bridgehead atoms. The summed E-state index contributed by atoms with van der Waals surface area (Å²) < 4.78 is 2.83. The fourth-order valence-electron chi connectivity index (χ4n) is 12.5. The van der Waals surface area contributed by atoms with Crippen molar-refractivity contribution in [3.8, 4) is 0 Å². The van der Waals surface area contributed by atoms with Crippen molar-refractivity contribution in [2.45, 2.75) is 158 Å². The first-order valence-corrected chi connectivity index (χ1v) is 56.6. The molecule has 10 heteroatoms. The maximum atomic E-state index is 3.78. The van der Waals surface area contributed by atoms with Crippen LogP contribution in [0, 0.1) is 39.8 Å². The van der Waals surface area contributed by atoms with Gasteiger partial charge in [0.25, 0.3) is 0 Å². The number of halogens is 2. The second-order valence-corrected chi connectivity index (χ2v) is 64.2. The third-order valence-electron chi connectivity index (χ3n) is 17.1. The molecular formula is C84H104Cl2Si6Zr2-2. The molecule has 0 nitrogen and oxygen atoms in total. The second kappa shape index (κ2) is 34.1. The summed E-state index contributed by atoms with van der Waals surface area (Å²) in [5.74, 6) is 0. The summed E-state index contributed by atoms with van der Waals surface area (Å²) in [6, 6.07) is 73.4. The molecule has 0 radical (unpaired) electrons. The SMILES string of the molecule is C[Si](C)(C)C1=[C-]CC([Si](C)(C)C)=C1[Si](C)(C)C.C[Si](C)(C)C1=[C-]CC([Si](C)(C)C)=C1[Si](C)(C)C.Cc1ccc2c(c1)[cH-]c1cc(C)ccc12.Cc1ccc2c(c1)[cH-]c1cc(C)ccc12.[Cl-].[Cl-].[Zr+2]=[C](c1ccccc1)c1ccccc1.[Zr+2]=[C](c1ccccc1)c1ccccc1. The minimum atomic E-state index is -1.22. The molecule has 2 aliphatic rings. The number of hydrogen-bond donors (Lipinski definition) is 0. The van der Waals surface area contributed by atoms with E-state index in [2.05, 4.69) is 364 Å². The van der Waals surface area contributed by atoms with Gasteiger partial charge in [-0.25, -0.2) is 20.8 Å². The summed E-state index contributed by atoms with van der Waals surface area (Å²) in [7, 11) is -7.20. The van der Waals surface area contributed by atoms with Crippen LogP contribution in [0.15, 0.2) is 237 Å². The van der Waals surface area contributed by atoms with Crippen molar-refractivity contribution in [3.05, 3.63) is 294 Å². The first-order chi connectivity index (χ1) is 42.9. The van der Waals surface area contributed by atoms with E-state index in [0.717, 1.165) is 12.8 Å². The van der Waals surface area contributed by atoms with E-state index >= 15 is 0 Å². The molecule has 0 atom stereocenters. The molecule has 0 spiro atoms. The molecule has 10 aromatic rings. The molecule has 0 heterocycles. The van der Waals surface area contributed by atoms with Gasteiger partial charge in [-0.2, -0.15) is 10.4 Å². The van der Waals surface area contributed by atoms with E-state index in [9.17, 15) is 0 Å². The van der Waals surface area contributed by atoms with Gasteiger partial charge in [0.15, 0.2) is 0 Å². The van der Waals surface area contributed by atoms with Crippen LogP contribution in [0.5, 0.6) is 0 Å². The van der Waals surface area contributed by atoms with E-state index in [-0.39, 0.29) is 24.8 Å². The standard InChI is InChI=1S/2C15H13.2C14H29Si3.2C13H10.2ClH.2Zr/c2*1-10-3-5-14-12(7-10)9-13-8-11(2)4-6-15(13)14;2*1-15(2,3)12-10-11-13(16(4,5)6)14(12)17(7,8)9;2*1-3-7-12(8-4-1)11-13-9-5-2-6-10-13;;;;/h2*3-9H,1-2H3;2*10H2,1-9H3;2*1-10H;2*1H;;/q4*-1;;;;;2*+2/p-2. The molecule has 0 amide bonds. The number of aryl methyl sites for hydroxylation is 4. The van der Waals surface area contributed by atoms with Gasteiger partial charge in [-0.05, 0) is 43.8 Å². The number of benzene rings is 8. The van der Waals surface area contributed by atoms with E-state index in [4.69, 9.17) is 0 Å². The van der Waals surface area contributed by atoms with Crippen LogP contribution < -0.4 is 24.8 Å². The van der Waals surface area contributed by atoms with Gasteiger partial charge in [0.2, 0.25) is 0 Å². The predicted molar refractivity (Wildman–Crippen MR) is 422 cm³/mol. The average Bonchev–Trinajstić information content (AvgIpc) is 1.62. The molecule has 0 aliphatic heterocycles. The Bertz CT molecular complexity index is 3840. The Morgan fingerprint density at radius 2 is 0.511 bits per heavy atom. The Labute approximate surface area is 617 Å². The van der Waals surface area contributed by atoms with Crippen molar-refractivity contribution in [1.29, 1.82) is 0 Å². The van der Waals surface area contributed by atoms with Crippen LogP contribution in [0.3, 0.4) is 0 Å². The van der Waals surface area contributed by atoms with Crippen molar-refractivity contribution in [2.24, 2.45) is 0 Å². The quantitative estimate of drug-likeness (QED) is 0.0946. The van der Waals surface area contributed by atoms with Gasteiger partial charge in [-0.3, -0.25) is 12.2 Å². The van der Waals surface area contributed by atoms with Crippen LogP contribution in [-0.4, -0.2) is 54.9 Å². The molecule has 0 saturated carbocycles. The van der Waals surface area contributed by atoms with Crippen molar-refractivity contribution >= 4 is 97.9 Å². The molecule has 0 fully saturated rings. The van der Waals surface area contributed by atoms with Crippen LogP contribution in [0.4, 0.5) is 0 Å². The zero-order valence-electron chi connectivity index (χ0n) is 60.8. The van der Waals surface area contributed by atoms with Crippen LogP contribution in [-0.2, 0) is 48.5 Å². The normalized spacial score (nSPS) is 13.3. The second-order valence-electron chi connectivity index (χ2n) is 31.5. The number of rotatable bonds is 10. The minimum absolute atomic E-state index is 0. The van der Waals surface area contributed by atoms with Gasteiger partial charge in [0.05, 0.1) is 16.1 Å². The Hall–Kier alpha value is -4.15. The number of fused-ring (bicyclic) bond motifs is 6. The fourth-order valence-corrected chi connectivity index (χ4v) is 33.1. The Morgan fingerprint density at radius 1 is 0.298 bits per heavy atom. The van der Waals surface area contributed by atoms with Gasteiger partial charge in [-0.15, -0.1) is 92.3 Å². The van der Waals surface area contributed by atoms with Gasteiger partial charge < -0.3 is 24.8 Å². The number of hydrogen-bond acceptors (Lipinski definition) is 0. The van der Waals surface area contributed by atoms with E-state index < -0.39 is 48.4 Å². The predicted octanol–water partition coefficient (Wildman–Crippen LogP) is 18.4. The van der Waals surface area contributed by atoms with Gasteiger partial charge in [0.1, 0.15) is 0 Å². The summed E-state index contributed by atoms with van der Waals surface area (Å²) in [4.78, 5) is 0. The maximum absolute atomic E-state index is 3.78. The zero-order valence-corrected chi connectivity index (χ0v) is 73.2. The van der Waals surface area contributed by atoms with Gasteiger partial charge >= 0.3 is 198 Å². The molecule has 2 aliphatic carbocycles. The number of allylic oxidation sites excluding steroid dienone is 8. The van der Waals surface area contributed by atoms with E-state index in [1.54, 1.807) is 10.4 Å². The molecule has 488 valence electrons. The van der Waals surface area contributed by atoms with Crippen molar-refractivity contribution in [1.82, 2.24) is 0 Å². The van der Waals surface area contributed by atoms with E-state index in [1.807, 2.05) is 20.8 Å².